The first kappa shape index (κ1) is 32.9. The number of ether oxygens (including phenoxy) is 1. The van der Waals surface area contributed by atoms with Crippen molar-refractivity contribution < 1.29 is 22.7 Å². The summed E-state index contributed by atoms with van der Waals surface area (Å²) in [5.74, 6) is -0.729. The van der Waals surface area contributed by atoms with E-state index in [0.29, 0.717) is 15.6 Å². The largest absolute Gasteiger partial charge is 0.495 e. The summed E-state index contributed by atoms with van der Waals surface area (Å²) in [6.07, 6.45) is 4.92. The summed E-state index contributed by atoms with van der Waals surface area (Å²) in [4.78, 5) is 29.0. The van der Waals surface area contributed by atoms with Crippen LogP contribution in [0.1, 0.15) is 44.6 Å². The van der Waals surface area contributed by atoms with Crippen molar-refractivity contribution in [3.63, 3.8) is 0 Å². The lowest BCUT2D eigenvalue weighted by atomic mass is 9.95. The van der Waals surface area contributed by atoms with Crippen LogP contribution in [0.25, 0.3) is 0 Å². The number of carbonyl (C=O) groups excluding carboxylic acids is 2. The molecule has 0 heterocycles. The van der Waals surface area contributed by atoms with E-state index in [2.05, 4.69) is 5.32 Å². The van der Waals surface area contributed by atoms with Crippen molar-refractivity contribution in [1.82, 2.24) is 10.2 Å². The number of anilines is 1. The van der Waals surface area contributed by atoms with E-state index in [1.165, 1.54) is 36.3 Å². The van der Waals surface area contributed by atoms with Gasteiger partial charge < -0.3 is 15.0 Å². The summed E-state index contributed by atoms with van der Waals surface area (Å²) in [6, 6.07) is 16.3. The van der Waals surface area contributed by atoms with Gasteiger partial charge in [0.15, 0.2) is 0 Å². The number of amides is 2. The smallest absolute Gasteiger partial charge is 0.264 e. The van der Waals surface area contributed by atoms with Crippen LogP contribution in [0.15, 0.2) is 71.6 Å². The Morgan fingerprint density at radius 2 is 1.65 bits per heavy atom. The zero-order chi connectivity index (χ0) is 31.1. The Morgan fingerprint density at radius 1 is 0.953 bits per heavy atom. The molecule has 1 fully saturated rings. The summed E-state index contributed by atoms with van der Waals surface area (Å²) in [6.45, 7) is 0.987. The Balaban J connectivity index is 1.73. The van der Waals surface area contributed by atoms with Crippen molar-refractivity contribution in [1.29, 1.82) is 0 Å². The number of halogens is 3. The van der Waals surface area contributed by atoms with Gasteiger partial charge in [0.2, 0.25) is 11.8 Å². The second-order valence-corrected chi connectivity index (χ2v) is 13.5. The van der Waals surface area contributed by atoms with Gasteiger partial charge >= 0.3 is 0 Å². The Hall–Kier alpha value is -2.98. The molecule has 8 nitrogen and oxygen atoms in total. The summed E-state index contributed by atoms with van der Waals surface area (Å²) in [5, 5.41) is 3.97. The van der Waals surface area contributed by atoms with Crippen LogP contribution in [-0.4, -0.2) is 50.9 Å². The number of carbonyl (C=O) groups is 2. The van der Waals surface area contributed by atoms with Crippen molar-refractivity contribution in [3.8, 4) is 5.75 Å². The molecular weight excluding hydrogens is 633 g/mol. The van der Waals surface area contributed by atoms with Crippen molar-refractivity contribution in [2.45, 2.75) is 62.6 Å². The molecule has 230 valence electrons. The highest BCUT2D eigenvalue weighted by Gasteiger charge is 2.34. The number of rotatable bonds is 11. The molecule has 0 bridgehead atoms. The normalized spacial score (nSPS) is 14.5. The lowest BCUT2D eigenvalue weighted by Crippen LogP contribution is -2.53. The van der Waals surface area contributed by atoms with Crippen LogP contribution >= 0.6 is 34.8 Å². The maximum atomic E-state index is 14.2. The van der Waals surface area contributed by atoms with Gasteiger partial charge in [-0.15, -0.1) is 0 Å². The van der Waals surface area contributed by atoms with E-state index in [1.54, 1.807) is 49.4 Å². The minimum atomic E-state index is -4.28. The molecule has 43 heavy (non-hydrogen) atoms. The van der Waals surface area contributed by atoms with E-state index >= 15 is 0 Å². The van der Waals surface area contributed by atoms with Crippen molar-refractivity contribution >= 4 is 62.3 Å². The molecule has 3 aromatic rings. The van der Waals surface area contributed by atoms with Gasteiger partial charge in [-0.3, -0.25) is 13.9 Å². The molecule has 3 aromatic carbocycles. The number of hydrogen-bond donors (Lipinski definition) is 1. The average Bonchev–Trinajstić information content (AvgIpc) is 3.00. The minimum Gasteiger partial charge on any atom is -0.495 e. The van der Waals surface area contributed by atoms with E-state index in [1.807, 2.05) is 0 Å². The molecule has 0 saturated heterocycles. The zero-order valence-corrected chi connectivity index (χ0v) is 27.0. The number of nitrogens with one attached hydrogen (secondary N) is 1. The molecule has 0 aromatic heterocycles. The molecule has 1 saturated carbocycles. The lowest BCUT2D eigenvalue weighted by Gasteiger charge is -2.33. The first-order valence-corrected chi connectivity index (χ1v) is 16.5. The van der Waals surface area contributed by atoms with E-state index in [4.69, 9.17) is 39.5 Å². The third-order valence-electron chi connectivity index (χ3n) is 7.48. The predicted octanol–water partition coefficient (Wildman–Crippen LogP) is 6.72. The number of hydrogen-bond acceptors (Lipinski definition) is 5. The Kier molecular flexibility index (Phi) is 11.2. The van der Waals surface area contributed by atoms with E-state index in [0.717, 1.165) is 36.4 Å². The fourth-order valence-electron chi connectivity index (χ4n) is 5.08. The highest BCUT2D eigenvalue weighted by Crippen LogP contribution is 2.35. The second kappa shape index (κ2) is 14.7. The van der Waals surface area contributed by atoms with E-state index in [9.17, 15) is 18.0 Å². The maximum Gasteiger partial charge on any atom is 0.264 e. The van der Waals surface area contributed by atoms with Gasteiger partial charge in [0.1, 0.15) is 18.3 Å². The molecule has 12 heteroatoms. The van der Waals surface area contributed by atoms with Crippen LogP contribution in [0.5, 0.6) is 5.75 Å². The van der Waals surface area contributed by atoms with Gasteiger partial charge in [-0.25, -0.2) is 8.42 Å². The molecule has 1 N–H and O–H groups in total. The summed E-state index contributed by atoms with van der Waals surface area (Å²) in [5.41, 5.74) is 0.707. The number of sulfonamides is 1. The van der Waals surface area contributed by atoms with Gasteiger partial charge in [-0.05, 0) is 67.8 Å². The predicted molar refractivity (Wildman–Crippen MR) is 170 cm³/mol. The zero-order valence-electron chi connectivity index (χ0n) is 23.9. The standard InChI is InChI=1S/C31H34Cl3N3O5S/c1-21(31(39)35-24-9-5-3-6-10-24)36(19-22-13-15-26(33)27(34)17-22)30(38)20-37(28-18-23(32)14-16-29(28)42-2)43(40,41)25-11-7-4-8-12-25/h4,7-8,11-18,21,24H,3,5-6,9-10,19-20H2,1-2H3,(H,35,39). The maximum absolute atomic E-state index is 14.2. The first-order chi connectivity index (χ1) is 20.5. The monoisotopic (exact) mass is 665 g/mol. The number of nitrogens with zero attached hydrogens (tertiary/aromatic N) is 2. The molecule has 2 amide bonds. The van der Waals surface area contributed by atoms with Gasteiger partial charge in [0, 0.05) is 17.6 Å². The molecule has 0 radical (unpaired) electrons. The van der Waals surface area contributed by atoms with E-state index in [-0.39, 0.29) is 39.8 Å². The second-order valence-electron chi connectivity index (χ2n) is 10.4. The third kappa shape index (κ3) is 8.15. The average molecular weight is 667 g/mol. The molecule has 4 rings (SSSR count). The van der Waals surface area contributed by atoms with Crippen molar-refractivity contribution in [2.75, 3.05) is 18.0 Å². The Labute approximate surface area is 267 Å². The SMILES string of the molecule is COc1ccc(Cl)cc1N(CC(=O)N(Cc1ccc(Cl)c(Cl)c1)C(C)C(=O)NC1CCCCC1)S(=O)(=O)c1ccccc1. The lowest BCUT2D eigenvalue weighted by molar-refractivity contribution is -0.139. The summed E-state index contributed by atoms with van der Waals surface area (Å²) < 4.78 is 34.5. The summed E-state index contributed by atoms with van der Waals surface area (Å²) in [7, 11) is -2.88. The van der Waals surface area contributed by atoms with Crippen LogP contribution in [0, 0.1) is 0 Å². The van der Waals surface area contributed by atoms with Crippen LogP contribution in [0.4, 0.5) is 5.69 Å². The van der Waals surface area contributed by atoms with Gasteiger partial charge in [-0.1, -0.05) is 78.3 Å². The highest BCUT2D eigenvalue weighted by molar-refractivity contribution is 7.92. The molecule has 0 spiro atoms. The van der Waals surface area contributed by atoms with Crippen LogP contribution in [0.2, 0.25) is 15.1 Å². The summed E-state index contributed by atoms with van der Waals surface area (Å²) >= 11 is 18.7. The molecule has 1 aliphatic carbocycles. The third-order valence-corrected chi connectivity index (χ3v) is 10.2. The first-order valence-electron chi connectivity index (χ1n) is 14.0. The molecule has 0 aliphatic heterocycles. The van der Waals surface area contributed by atoms with Crippen molar-refractivity contribution in [2.24, 2.45) is 0 Å². The van der Waals surface area contributed by atoms with Gasteiger partial charge in [-0.2, -0.15) is 0 Å². The van der Waals surface area contributed by atoms with Crippen molar-refractivity contribution in [3.05, 3.63) is 87.4 Å². The van der Waals surface area contributed by atoms with Gasteiger partial charge in [0.25, 0.3) is 10.0 Å². The minimum absolute atomic E-state index is 0.0130. The molecule has 1 atom stereocenters. The molecule has 1 aliphatic rings. The quantitative estimate of drug-likeness (QED) is 0.245. The Bertz CT molecular complexity index is 1550. The fourth-order valence-corrected chi connectivity index (χ4v) is 7.00. The number of benzene rings is 3. The topological polar surface area (TPSA) is 96.0 Å². The van der Waals surface area contributed by atoms with Crippen LogP contribution in [0.3, 0.4) is 0 Å². The number of methoxy groups -OCH3 is 1. The Morgan fingerprint density at radius 3 is 2.30 bits per heavy atom. The molecule has 1 unspecified atom stereocenters. The van der Waals surface area contributed by atoms with Gasteiger partial charge in [0.05, 0.1) is 27.7 Å². The fraction of sp³-hybridized carbons (Fsp3) is 0.355. The van der Waals surface area contributed by atoms with Crippen LogP contribution < -0.4 is 14.4 Å². The van der Waals surface area contributed by atoms with E-state index < -0.39 is 28.5 Å². The highest BCUT2D eigenvalue weighted by atomic mass is 35.5. The van der Waals surface area contributed by atoms with Crippen LogP contribution in [-0.2, 0) is 26.2 Å². The molecular formula is C31H34Cl3N3O5S.